The lowest BCUT2D eigenvalue weighted by Gasteiger charge is -2.11. The third-order valence-corrected chi connectivity index (χ3v) is 5.58. The van der Waals surface area contributed by atoms with Crippen LogP contribution in [0.4, 0.5) is 0 Å². The third kappa shape index (κ3) is 4.00. The lowest BCUT2D eigenvalue weighted by Crippen LogP contribution is -2.22. The Labute approximate surface area is 183 Å². The van der Waals surface area contributed by atoms with Gasteiger partial charge in [0, 0.05) is 22.8 Å². The molecule has 0 aliphatic heterocycles. The van der Waals surface area contributed by atoms with Gasteiger partial charge in [0.05, 0.1) is 22.8 Å². The molecule has 4 rings (SSSR count). The van der Waals surface area contributed by atoms with E-state index in [9.17, 15) is 4.79 Å². The fraction of sp³-hybridized carbons (Fsp3) is 0.208. The van der Waals surface area contributed by atoms with Crippen molar-refractivity contribution in [1.29, 1.82) is 0 Å². The zero-order valence-electron chi connectivity index (χ0n) is 17.0. The summed E-state index contributed by atoms with van der Waals surface area (Å²) in [4.78, 5) is 17.9. The highest BCUT2D eigenvalue weighted by atomic mass is 79.9. The number of rotatable bonds is 6. The predicted octanol–water partition coefficient (Wildman–Crippen LogP) is 5.48. The van der Waals surface area contributed by atoms with Crippen LogP contribution < -0.4 is 5.56 Å². The van der Waals surface area contributed by atoms with E-state index in [0.717, 1.165) is 28.7 Å². The summed E-state index contributed by atoms with van der Waals surface area (Å²) in [6, 6.07) is 17.7. The summed E-state index contributed by atoms with van der Waals surface area (Å²) < 4.78 is 4.36. The van der Waals surface area contributed by atoms with Crippen molar-refractivity contribution < 1.29 is 0 Å². The molecule has 0 amide bonds. The first-order valence-electron chi connectivity index (χ1n) is 10.1. The molecule has 0 spiro atoms. The number of unbranched alkanes of at least 4 members (excludes halogenated alkanes) is 1. The topological polar surface area (TPSA) is 52.2 Å². The van der Waals surface area contributed by atoms with Crippen molar-refractivity contribution in [3.05, 3.63) is 92.7 Å². The molecule has 2 heterocycles. The van der Waals surface area contributed by atoms with Gasteiger partial charge in [-0.15, -0.1) is 0 Å². The van der Waals surface area contributed by atoms with Crippen molar-refractivity contribution >= 4 is 33.0 Å². The fourth-order valence-electron chi connectivity index (χ4n) is 3.48. The van der Waals surface area contributed by atoms with Gasteiger partial charge in [0.15, 0.2) is 0 Å². The number of hydrogen-bond acceptors (Lipinski definition) is 3. The zero-order chi connectivity index (χ0) is 21.1. The van der Waals surface area contributed by atoms with E-state index in [-0.39, 0.29) is 5.56 Å². The van der Waals surface area contributed by atoms with Crippen LogP contribution in [0.25, 0.3) is 16.6 Å². The molecule has 0 saturated heterocycles. The average Bonchev–Trinajstić information content (AvgIpc) is 3.21. The van der Waals surface area contributed by atoms with Gasteiger partial charge >= 0.3 is 0 Å². The molecule has 0 radical (unpaired) electrons. The molecule has 0 atom stereocenters. The SMILES string of the molecule is CCCCc1nc2ccc(Br)cc2c(=O)n1N=Cc1cccn1-c1ccccc1C. The number of nitrogens with zero attached hydrogens (tertiary/aromatic N) is 4. The minimum absolute atomic E-state index is 0.155. The van der Waals surface area contributed by atoms with Crippen LogP contribution >= 0.6 is 15.9 Å². The van der Waals surface area contributed by atoms with Crippen LogP contribution in [-0.2, 0) is 6.42 Å². The Kier molecular flexibility index (Phi) is 5.95. The van der Waals surface area contributed by atoms with Crippen molar-refractivity contribution in [2.75, 3.05) is 0 Å². The highest BCUT2D eigenvalue weighted by Gasteiger charge is 2.11. The molecule has 5 nitrogen and oxygen atoms in total. The molecule has 6 heteroatoms. The molecular formula is C24H23BrN4O. The second-order valence-corrected chi connectivity index (χ2v) is 8.16. The fourth-order valence-corrected chi connectivity index (χ4v) is 3.84. The van der Waals surface area contributed by atoms with Crippen LogP contribution in [0.5, 0.6) is 0 Å². The summed E-state index contributed by atoms with van der Waals surface area (Å²) >= 11 is 3.45. The van der Waals surface area contributed by atoms with Crippen LogP contribution in [0.1, 0.15) is 36.8 Å². The number of aromatic nitrogens is 3. The van der Waals surface area contributed by atoms with Gasteiger partial charge in [0.1, 0.15) is 5.82 Å². The first kappa shape index (κ1) is 20.3. The first-order valence-corrected chi connectivity index (χ1v) is 10.9. The molecule has 2 aromatic heterocycles. The van der Waals surface area contributed by atoms with E-state index in [1.54, 1.807) is 12.3 Å². The molecule has 0 N–H and O–H groups in total. The van der Waals surface area contributed by atoms with Crippen LogP contribution in [0, 0.1) is 6.92 Å². The standard InChI is InChI=1S/C24H23BrN4O/c1-3-4-11-23-27-21-13-12-18(25)15-20(21)24(30)29(23)26-16-19-9-7-14-28(19)22-10-6-5-8-17(22)2/h5-10,12-16H,3-4,11H2,1-2H3. The normalized spacial score (nSPS) is 11.6. The number of fused-ring (bicyclic) bond motifs is 1. The van der Waals surface area contributed by atoms with E-state index in [1.807, 2.05) is 42.6 Å². The minimum Gasteiger partial charge on any atom is -0.315 e. The summed E-state index contributed by atoms with van der Waals surface area (Å²) in [6.07, 6.45) is 6.40. The smallest absolute Gasteiger partial charge is 0.282 e. The van der Waals surface area contributed by atoms with Gasteiger partial charge < -0.3 is 4.57 Å². The number of aryl methyl sites for hydroxylation is 2. The molecule has 0 bridgehead atoms. The predicted molar refractivity (Wildman–Crippen MR) is 126 cm³/mol. The maximum Gasteiger partial charge on any atom is 0.282 e. The van der Waals surface area contributed by atoms with E-state index in [1.165, 1.54) is 10.2 Å². The lowest BCUT2D eigenvalue weighted by atomic mass is 10.2. The molecule has 2 aromatic carbocycles. The molecule has 30 heavy (non-hydrogen) atoms. The lowest BCUT2D eigenvalue weighted by molar-refractivity contribution is 0.674. The number of para-hydroxylation sites is 1. The Morgan fingerprint density at radius 2 is 1.97 bits per heavy atom. The van der Waals surface area contributed by atoms with Gasteiger partial charge in [0.25, 0.3) is 5.56 Å². The van der Waals surface area contributed by atoms with E-state index >= 15 is 0 Å². The molecular weight excluding hydrogens is 440 g/mol. The van der Waals surface area contributed by atoms with E-state index in [4.69, 9.17) is 4.98 Å². The van der Waals surface area contributed by atoms with Gasteiger partial charge in [0.2, 0.25) is 0 Å². The summed E-state index contributed by atoms with van der Waals surface area (Å²) in [5.74, 6) is 0.682. The first-order chi connectivity index (χ1) is 14.6. The Hall–Kier alpha value is -2.99. The Bertz CT molecular complexity index is 1290. The van der Waals surface area contributed by atoms with Crippen LogP contribution in [0.3, 0.4) is 0 Å². The number of hydrogen-bond donors (Lipinski definition) is 0. The summed E-state index contributed by atoms with van der Waals surface area (Å²) in [5.41, 5.74) is 3.69. The van der Waals surface area contributed by atoms with Gasteiger partial charge in [-0.3, -0.25) is 4.79 Å². The van der Waals surface area contributed by atoms with E-state index in [0.29, 0.717) is 23.1 Å². The van der Waals surface area contributed by atoms with E-state index in [2.05, 4.69) is 51.6 Å². The quantitative estimate of drug-likeness (QED) is 0.356. The third-order valence-electron chi connectivity index (χ3n) is 5.09. The average molecular weight is 463 g/mol. The monoisotopic (exact) mass is 462 g/mol. The van der Waals surface area contributed by atoms with Gasteiger partial charge in [-0.05, 0) is 55.3 Å². The van der Waals surface area contributed by atoms with Gasteiger partial charge in [-0.2, -0.15) is 9.78 Å². The highest BCUT2D eigenvalue weighted by molar-refractivity contribution is 9.10. The summed E-state index contributed by atoms with van der Waals surface area (Å²) in [7, 11) is 0. The zero-order valence-corrected chi connectivity index (χ0v) is 18.6. The van der Waals surface area contributed by atoms with Crippen LogP contribution in [0.2, 0.25) is 0 Å². The molecule has 0 unspecified atom stereocenters. The van der Waals surface area contributed by atoms with E-state index < -0.39 is 0 Å². The summed E-state index contributed by atoms with van der Waals surface area (Å²) in [6.45, 7) is 4.20. The van der Waals surface area contributed by atoms with Crippen molar-refractivity contribution in [3.63, 3.8) is 0 Å². The largest absolute Gasteiger partial charge is 0.315 e. The van der Waals surface area contributed by atoms with Gasteiger partial charge in [-0.25, -0.2) is 4.98 Å². The van der Waals surface area contributed by atoms with Gasteiger partial charge in [-0.1, -0.05) is 47.5 Å². The summed E-state index contributed by atoms with van der Waals surface area (Å²) in [5, 5.41) is 5.13. The maximum absolute atomic E-state index is 13.2. The molecule has 0 fully saturated rings. The van der Waals surface area contributed by atoms with Crippen molar-refractivity contribution in [2.45, 2.75) is 33.1 Å². The molecule has 0 saturated carbocycles. The van der Waals surface area contributed by atoms with Crippen molar-refractivity contribution in [3.8, 4) is 5.69 Å². The Balaban J connectivity index is 1.82. The van der Waals surface area contributed by atoms with Crippen molar-refractivity contribution in [2.24, 2.45) is 5.10 Å². The molecule has 152 valence electrons. The molecule has 0 aliphatic rings. The molecule has 0 aliphatic carbocycles. The second-order valence-electron chi connectivity index (χ2n) is 7.24. The van der Waals surface area contributed by atoms with Crippen molar-refractivity contribution in [1.82, 2.24) is 14.2 Å². The maximum atomic E-state index is 13.2. The number of halogens is 1. The van der Waals surface area contributed by atoms with Crippen LogP contribution in [0.15, 0.2) is 75.2 Å². The highest BCUT2D eigenvalue weighted by Crippen LogP contribution is 2.18. The number of benzene rings is 2. The Morgan fingerprint density at radius 3 is 2.77 bits per heavy atom. The van der Waals surface area contributed by atoms with Crippen LogP contribution in [-0.4, -0.2) is 20.4 Å². The second kappa shape index (κ2) is 8.79. The minimum atomic E-state index is -0.155. The Morgan fingerprint density at radius 1 is 1.13 bits per heavy atom. The molecule has 4 aromatic rings.